The third-order valence-corrected chi connectivity index (χ3v) is 6.73. The zero-order chi connectivity index (χ0) is 26.8. The van der Waals surface area contributed by atoms with E-state index in [-0.39, 0.29) is 11.4 Å². The van der Waals surface area contributed by atoms with Crippen molar-refractivity contribution in [3.05, 3.63) is 88.5 Å². The number of carbonyl (C=O) groups is 2. The highest BCUT2D eigenvalue weighted by molar-refractivity contribution is 6.24. The molecule has 38 heavy (non-hydrogen) atoms. The highest BCUT2D eigenvalue weighted by atomic mass is 16.7. The number of unbranched alkanes of at least 4 members (excludes halogenated alkanes) is 1. The van der Waals surface area contributed by atoms with Gasteiger partial charge in [0.25, 0.3) is 11.6 Å². The van der Waals surface area contributed by atoms with Crippen molar-refractivity contribution in [1.82, 2.24) is 0 Å². The second-order valence-electron chi connectivity index (χ2n) is 9.06. The van der Waals surface area contributed by atoms with Crippen molar-refractivity contribution < 1.29 is 28.8 Å². The monoisotopic (exact) mass is 517 g/mol. The number of amides is 2. The van der Waals surface area contributed by atoms with Crippen molar-refractivity contribution in [3.8, 4) is 11.5 Å². The molecule has 3 aromatic rings. The van der Waals surface area contributed by atoms with Gasteiger partial charge in [-0.25, -0.2) is 9.96 Å². The van der Waals surface area contributed by atoms with Crippen LogP contribution in [0.3, 0.4) is 0 Å². The van der Waals surface area contributed by atoms with Crippen molar-refractivity contribution in [2.45, 2.75) is 31.9 Å². The summed E-state index contributed by atoms with van der Waals surface area (Å²) >= 11 is 0. The molecule has 3 unspecified atom stereocenters. The number of hydrogen-bond donors (Lipinski definition) is 0. The first-order valence-electron chi connectivity index (χ1n) is 12.4. The fourth-order valence-electron chi connectivity index (χ4n) is 4.84. The number of non-ortho nitro benzene ring substituents is 1. The number of nitrogens with zero attached hydrogens (tertiary/aromatic N) is 3. The second kappa shape index (κ2) is 10.5. The van der Waals surface area contributed by atoms with Crippen LogP contribution in [0.15, 0.2) is 72.8 Å². The lowest BCUT2D eigenvalue weighted by Crippen LogP contribution is -2.37. The minimum Gasteiger partial charge on any atom is -0.493 e. The van der Waals surface area contributed by atoms with E-state index in [2.05, 4.69) is 6.92 Å². The van der Waals surface area contributed by atoms with Crippen molar-refractivity contribution in [2.24, 2.45) is 5.92 Å². The van der Waals surface area contributed by atoms with Crippen LogP contribution in [0.5, 0.6) is 11.5 Å². The molecule has 0 N–H and O–H groups in total. The molecule has 0 spiro atoms. The van der Waals surface area contributed by atoms with Crippen LogP contribution in [0.4, 0.5) is 17.1 Å². The van der Waals surface area contributed by atoms with Gasteiger partial charge in [0.05, 0.1) is 36.1 Å². The van der Waals surface area contributed by atoms with Crippen molar-refractivity contribution in [2.75, 3.05) is 23.7 Å². The van der Waals surface area contributed by atoms with Crippen LogP contribution in [0.2, 0.25) is 0 Å². The second-order valence-corrected chi connectivity index (χ2v) is 9.06. The summed E-state index contributed by atoms with van der Waals surface area (Å²) in [5.74, 6) is -0.718. The summed E-state index contributed by atoms with van der Waals surface area (Å²) in [5.41, 5.74) is 1.53. The van der Waals surface area contributed by atoms with E-state index in [1.165, 1.54) is 24.3 Å². The highest BCUT2D eigenvalue weighted by Gasteiger charge is 2.60. The maximum absolute atomic E-state index is 13.8. The first-order valence-corrected chi connectivity index (χ1v) is 12.4. The van der Waals surface area contributed by atoms with Gasteiger partial charge in [-0.3, -0.25) is 24.5 Å². The molecule has 10 heteroatoms. The molecule has 5 rings (SSSR count). The fraction of sp³-hybridized carbons (Fsp3) is 0.286. The number of para-hydroxylation sites is 1. The Morgan fingerprint density at radius 2 is 1.68 bits per heavy atom. The number of carbonyl (C=O) groups excluding carboxylic acids is 2. The molecular weight excluding hydrogens is 490 g/mol. The molecule has 2 amide bonds. The van der Waals surface area contributed by atoms with Crippen LogP contribution >= 0.6 is 0 Å². The average Bonchev–Trinajstić information content (AvgIpc) is 3.45. The number of fused-ring (bicyclic) bond motifs is 1. The summed E-state index contributed by atoms with van der Waals surface area (Å²) in [6.07, 6.45) is 0.840. The smallest absolute Gasteiger partial charge is 0.269 e. The van der Waals surface area contributed by atoms with Crippen molar-refractivity contribution in [1.29, 1.82) is 0 Å². The van der Waals surface area contributed by atoms with E-state index in [0.717, 1.165) is 17.7 Å². The molecule has 0 aromatic heterocycles. The van der Waals surface area contributed by atoms with Crippen LogP contribution in [0.1, 0.15) is 31.4 Å². The van der Waals surface area contributed by atoms with Gasteiger partial charge >= 0.3 is 0 Å². The zero-order valence-electron chi connectivity index (χ0n) is 21.0. The van der Waals surface area contributed by atoms with Gasteiger partial charge in [0.1, 0.15) is 5.92 Å². The predicted molar refractivity (Wildman–Crippen MR) is 139 cm³/mol. The predicted octanol–water partition coefficient (Wildman–Crippen LogP) is 4.83. The van der Waals surface area contributed by atoms with Crippen LogP contribution in [-0.4, -0.2) is 36.6 Å². The lowest BCUT2D eigenvalue weighted by atomic mass is 9.90. The molecule has 2 saturated heterocycles. The SMILES string of the molecule is CCCCOc1ccc(C2C3C(=O)N(c4ccc([N+](=O)[O-])cc4)C(=O)C3ON2c2ccccc2)cc1OC. The topological polar surface area (TPSA) is 111 Å². The number of anilines is 2. The number of ether oxygens (including phenoxy) is 2. The lowest BCUT2D eigenvalue weighted by Gasteiger charge is -2.29. The molecular formula is C28H27N3O7. The number of imide groups is 1. The Morgan fingerprint density at radius 3 is 2.34 bits per heavy atom. The minimum absolute atomic E-state index is 0.134. The van der Waals surface area contributed by atoms with E-state index in [4.69, 9.17) is 14.3 Å². The van der Waals surface area contributed by atoms with Gasteiger partial charge in [-0.05, 0) is 48.4 Å². The molecule has 2 fully saturated rings. The van der Waals surface area contributed by atoms with Gasteiger partial charge in [0, 0.05) is 12.1 Å². The maximum Gasteiger partial charge on any atom is 0.269 e. The summed E-state index contributed by atoms with van der Waals surface area (Å²) in [4.78, 5) is 45.0. The van der Waals surface area contributed by atoms with E-state index in [0.29, 0.717) is 29.4 Å². The van der Waals surface area contributed by atoms with Gasteiger partial charge < -0.3 is 9.47 Å². The molecule has 0 saturated carbocycles. The van der Waals surface area contributed by atoms with Gasteiger partial charge in [-0.1, -0.05) is 37.6 Å². The van der Waals surface area contributed by atoms with Crippen molar-refractivity contribution in [3.63, 3.8) is 0 Å². The summed E-state index contributed by atoms with van der Waals surface area (Å²) in [5, 5.41) is 12.7. The van der Waals surface area contributed by atoms with E-state index in [1.807, 2.05) is 36.4 Å². The zero-order valence-corrected chi connectivity index (χ0v) is 21.0. The van der Waals surface area contributed by atoms with E-state index < -0.39 is 34.8 Å². The van der Waals surface area contributed by atoms with E-state index in [1.54, 1.807) is 24.3 Å². The largest absolute Gasteiger partial charge is 0.493 e. The summed E-state index contributed by atoms with van der Waals surface area (Å²) in [7, 11) is 1.55. The Hall–Kier alpha value is -4.44. The Balaban J connectivity index is 1.53. The third-order valence-electron chi connectivity index (χ3n) is 6.73. The normalized spacial score (nSPS) is 20.5. The van der Waals surface area contributed by atoms with Crippen LogP contribution in [0, 0.1) is 16.0 Å². The average molecular weight is 518 g/mol. The minimum atomic E-state index is -1.06. The highest BCUT2D eigenvalue weighted by Crippen LogP contribution is 2.48. The van der Waals surface area contributed by atoms with E-state index >= 15 is 0 Å². The van der Waals surface area contributed by atoms with Crippen LogP contribution < -0.4 is 19.4 Å². The summed E-state index contributed by atoms with van der Waals surface area (Å²) in [6, 6.07) is 19.4. The van der Waals surface area contributed by atoms with Crippen LogP contribution in [-0.2, 0) is 14.4 Å². The van der Waals surface area contributed by atoms with E-state index in [9.17, 15) is 19.7 Å². The molecule has 2 aliphatic heterocycles. The standard InChI is InChI=1S/C28H27N3O7/c1-3-4-16-37-22-15-10-18(17-23(22)36-2)25-24-26(38-30(25)20-8-6-5-7-9-20)28(33)29(27(24)32)19-11-13-21(14-12-19)31(34)35/h5-15,17,24-26H,3-4,16H2,1-2H3. The number of rotatable bonds is 9. The molecule has 2 heterocycles. The number of methoxy groups -OCH3 is 1. The molecule has 3 aromatic carbocycles. The molecule has 0 aliphatic carbocycles. The number of hydroxylamine groups is 1. The molecule has 2 aliphatic rings. The van der Waals surface area contributed by atoms with Crippen molar-refractivity contribution >= 4 is 28.9 Å². The fourth-order valence-corrected chi connectivity index (χ4v) is 4.84. The molecule has 0 bridgehead atoms. The Labute approximate surface area is 219 Å². The number of hydrogen-bond acceptors (Lipinski definition) is 8. The van der Waals surface area contributed by atoms with Crippen LogP contribution in [0.25, 0.3) is 0 Å². The maximum atomic E-state index is 13.8. The third kappa shape index (κ3) is 4.43. The summed E-state index contributed by atoms with van der Waals surface area (Å²) < 4.78 is 11.5. The number of benzene rings is 3. The van der Waals surface area contributed by atoms with Gasteiger partial charge in [-0.2, -0.15) is 0 Å². The van der Waals surface area contributed by atoms with Gasteiger partial charge in [0.15, 0.2) is 17.6 Å². The first-order chi connectivity index (χ1) is 18.4. The summed E-state index contributed by atoms with van der Waals surface area (Å²) in [6.45, 7) is 2.63. The quantitative estimate of drug-likeness (QED) is 0.172. The lowest BCUT2D eigenvalue weighted by molar-refractivity contribution is -0.384. The Bertz CT molecular complexity index is 1350. The van der Waals surface area contributed by atoms with Gasteiger partial charge in [0.2, 0.25) is 5.91 Å². The molecule has 10 nitrogen and oxygen atoms in total. The molecule has 3 atom stereocenters. The number of nitro groups is 1. The number of nitro benzene ring substituents is 1. The Kier molecular flexibility index (Phi) is 6.97. The molecule has 196 valence electrons. The first kappa shape index (κ1) is 25.2. The van der Waals surface area contributed by atoms with Gasteiger partial charge in [-0.15, -0.1) is 0 Å². The molecule has 0 radical (unpaired) electrons. The Morgan fingerprint density at radius 1 is 0.947 bits per heavy atom.